The first-order valence-electron chi connectivity index (χ1n) is 9.82. The van der Waals surface area contributed by atoms with Gasteiger partial charge in [0.1, 0.15) is 5.75 Å². The van der Waals surface area contributed by atoms with Crippen molar-refractivity contribution in [2.24, 2.45) is 5.92 Å². The molecule has 0 aromatic heterocycles. The van der Waals surface area contributed by atoms with E-state index in [0.717, 1.165) is 12.0 Å². The van der Waals surface area contributed by atoms with Crippen LogP contribution in [0.5, 0.6) is 5.75 Å². The van der Waals surface area contributed by atoms with Crippen LogP contribution >= 0.6 is 0 Å². The van der Waals surface area contributed by atoms with Gasteiger partial charge in [-0.05, 0) is 29.7 Å². The van der Waals surface area contributed by atoms with Crippen LogP contribution in [0.25, 0.3) is 0 Å². The van der Waals surface area contributed by atoms with Gasteiger partial charge < -0.3 is 20.1 Å². The van der Waals surface area contributed by atoms with Crippen molar-refractivity contribution in [2.75, 3.05) is 24.4 Å². The van der Waals surface area contributed by atoms with Gasteiger partial charge in [-0.25, -0.2) is 0 Å². The smallest absolute Gasteiger partial charge is 0.314 e. The molecule has 2 aromatic carbocycles. The number of hydrogen-bond acceptors (Lipinski definition) is 5. The van der Waals surface area contributed by atoms with Crippen molar-refractivity contribution < 1.29 is 23.9 Å². The van der Waals surface area contributed by atoms with E-state index >= 15 is 0 Å². The molecule has 2 amide bonds. The Bertz CT molecular complexity index is 882. The monoisotopic (exact) mass is 412 g/mol. The number of nitrogens with one attached hydrogen (secondary N) is 2. The Morgan fingerprint density at radius 1 is 1.03 bits per heavy atom. The Morgan fingerprint density at radius 3 is 2.33 bits per heavy atom. The lowest BCUT2D eigenvalue weighted by Gasteiger charge is -2.22. The highest BCUT2D eigenvalue weighted by atomic mass is 16.5. The van der Waals surface area contributed by atoms with Crippen molar-refractivity contribution in [3.05, 3.63) is 54.1 Å². The summed E-state index contributed by atoms with van der Waals surface area (Å²) in [6, 6.07) is 14.3. The second-order valence-electron chi connectivity index (χ2n) is 7.03. The summed E-state index contributed by atoms with van der Waals surface area (Å²) < 4.78 is 10.6. The molecule has 0 saturated heterocycles. The largest absolute Gasteiger partial charge is 0.495 e. The standard InChI is InChI=1S/C23H28N2O5/c1-5-15(2)22(17-9-7-6-8-10-17)23(28)30-14-21(27)25-19-13-18(24-16(3)26)11-12-20(19)29-4/h6-13,15,22H,5,14H2,1-4H3,(H,24,26)(H,25,27)/t15-,22-/m1/s1. The van der Waals surface area contributed by atoms with Gasteiger partial charge in [-0.1, -0.05) is 50.6 Å². The van der Waals surface area contributed by atoms with Gasteiger partial charge >= 0.3 is 5.97 Å². The fraction of sp³-hybridized carbons (Fsp3) is 0.348. The zero-order chi connectivity index (χ0) is 22.1. The highest BCUT2D eigenvalue weighted by molar-refractivity contribution is 5.96. The van der Waals surface area contributed by atoms with Crippen molar-refractivity contribution in [3.63, 3.8) is 0 Å². The number of carbonyl (C=O) groups is 3. The number of hydrogen-bond donors (Lipinski definition) is 2. The molecule has 0 unspecified atom stereocenters. The molecule has 0 aliphatic carbocycles. The zero-order valence-electron chi connectivity index (χ0n) is 17.7. The van der Waals surface area contributed by atoms with E-state index in [2.05, 4.69) is 10.6 Å². The Hall–Kier alpha value is -3.35. The number of benzene rings is 2. The minimum Gasteiger partial charge on any atom is -0.495 e. The number of esters is 1. The molecule has 7 heteroatoms. The molecule has 2 N–H and O–H groups in total. The van der Waals surface area contributed by atoms with Crippen LogP contribution in [0, 0.1) is 5.92 Å². The van der Waals surface area contributed by atoms with Crippen molar-refractivity contribution in [3.8, 4) is 5.75 Å². The first kappa shape index (κ1) is 22.9. The van der Waals surface area contributed by atoms with Crippen LogP contribution in [0.2, 0.25) is 0 Å². The number of methoxy groups -OCH3 is 1. The van der Waals surface area contributed by atoms with Crippen molar-refractivity contribution in [1.82, 2.24) is 0 Å². The van der Waals surface area contributed by atoms with Gasteiger partial charge in [-0.3, -0.25) is 14.4 Å². The molecule has 0 fully saturated rings. The summed E-state index contributed by atoms with van der Waals surface area (Å²) in [6.45, 7) is 4.96. The van der Waals surface area contributed by atoms with Crippen LogP contribution in [0.1, 0.15) is 38.7 Å². The second kappa shape index (κ2) is 11.0. The molecule has 30 heavy (non-hydrogen) atoms. The molecule has 0 heterocycles. The lowest BCUT2D eigenvalue weighted by molar-refractivity contribution is -0.150. The third kappa shape index (κ3) is 6.34. The van der Waals surface area contributed by atoms with Crippen LogP contribution in [0.4, 0.5) is 11.4 Å². The quantitative estimate of drug-likeness (QED) is 0.608. The molecule has 160 valence electrons. The molecule has 0 aliphatic heterocycles. The van der Waals surface area contributed by atoms with Crippen LogP contribution in [-0.4, -0.2) is 31.5 Å². The van der Waals surface area contributed by atoms with E-state index in [-0.39, 0.29) is 11.8 Å². The number of amides is 2. The normalized spacial score (nSPS) is 12.4. The highest BCUT2D eigenvalue weighted by Gasteiger charge is 2.27. The molecular formula is C23H28N2O5. The number of carbonyl (C=O) groups excluding carboxylic acids is 3. The minimum absolute atomic E-state index is 0.0670. The van der Waals surface area contributed by atoms with Gasteiger partial charge in [0.05, 0.1) is 18.7 Å². The molecule has 0 spiro atoms. The SMILES string of the molecule is CC[C@@H](C)[C@@H](C(=O)OCC(=O)Nc1cc(NC(C)=O)ccc1OC)c1ccccc1. The van der Waals surface area contributed by atoms with E-state index in [1.54, 1.807) is 18.2 Å². The summed E-state index contributed by atoms with van der Waals surface area (Å²) in [5, 5.41) is 5.30. The summed E-state index contributed by atoms with van der Waals surface area (Å²) in [6.07, 6.45) is 0.800. The van der Waals surface area contributed by atoms with E-state index < -0.39 is 24.4 Å². The Balaban J connectivity index is 2.05. The van der Waals surface area contributed by atoms with E-state index in [9.17, 15) is 14.4 Å². The van der Waals surface area contributed by atoms with Crippen LogP contribution in [0.3, 0.4) is 0 Å². The molecule has 2 aromatic rings. The van der Waals surface area contributed by atoms with Gasteiger partial charge in [-0.15, -0.1) is 0 Å². The zero-order valence-corrected chi connectivity index (χ0v) is 17.7. The fourth-order valence-corrected chi connectivity index (χ4v) is 3.09. The fourth-order valence-electron chi connectivity index (χ4n) is 3.09. The first-order chi connectivity index (χ1) is 14.3. The topological polar surface area (TPSA) is 93.7 Å². The first-order valence-corrected chi connectivity index (χ1v) is 9.82. The molecule has 7 nitrogen and oxygen atoms in total. The lowest BCUT2D eigenvalue weighted by atomic mass is 9.86. The van der Waals surface area contributed by atoms with Gasteiger partial charge in [0, 0.05) is 12.6 Å². The predicted molar refractivity (Wildman–Crippen MR) is 116 cm³/mol. The Morgan fingerprint density at radius 2 is 1.73 bits per heavy atom. The number of anilines is 2. The molecular weight excluding hydrogens is 384 g/mol. The summed E-state index contributed by atoms with van der Waals surface area (Å²) in [7, 11) is 1.47. The third-order valence-corrected chi connectivity index (χ3v) is 4.77. The van der Waals surface area contributed by atoms with E-state index in [1.807, 2.05) is 44.2 Å². The van der Waals surface area contributed by atoms with Gasteiger partial charge in [0.25, 0.3) is 5.91 Å². The molecule has 0 saturated carbocycles. The van der Waals surface area contributed by atoms with Crippen molar-refractivity contribution in [1.29, 1.82) is 0 Å². The molecule has 0 bridgehead atoms. The van der Waals surface area contributed by atoms with E-state index in [0.29, 0.717) is 17.1 Å². The third-order valence-electron chi connectivity index (χ3n) is 4.77. The lowest BCUT2D eigenvalue weighted by Crippen LogP contribution is -2.27. The van der Waals surface area contributed by atoms with Crippen LogP contribution in [-0.2, 0) is 19.1 Å². The second-order valence-corrected chi connectivity index (χ2v) is 7.03. The summed E-state index contributed by atoms with van der Waals surface area (Å²) >= 11 is 0. The van der Waals surface area contributed by atoms with Crippen LogP contribution in [0.15, 0.2) is 48.5 Å². The van der Waals surface area contributed by atoms with Crippen LogP contribution < -0.4 is 15.4 Å². The molecule has 2 atom stereocenters. The maximum Gasteiger partial charge on any atom is 0.314 e. The number of ether oxygens (including phenoxy) is 2. The average Bonchev–Trinajstić information content (AvgIpc) is 2.73. The van der Waals surface area contributed by atoms with Crippen molar-refractivity contribution >= 4 is 29.2 Å². The maximum absolute atomic E-state index is 12.7. The van der Waals surface area contributed by atoms with Crippen molar-refractivity contribution in [2.45, 2.75) is 33.1 Å². The Kier molecular flexibility index (Phi) is 8.41. The predicted octanol–water partition coefficient (Wildman–Crippen LogP) is 3.97. The highest BCUT2D eigenvalue weighted by Crippen LogP contribution is 2.29. The maximum atomic E-state index is 12.7. The summed E-state index contributed by atoms with van der Waals surface area (Å²) in [4.78, 5) is 36.4. The minimum atomic E-state index is -0.502. The Labute approximate surface area is 176 Å². The van der Waals surface area contributed by atoms with E-state index in [1.165, 1.54) is 14.0 Å². The van der Waals surface area contributed by atoms with Gasteiger partial charge in [0.2, 0.25) is 5.91 Å². The molecule has 0 radical (unpaired) electrons. The average molecular weight is 412 g/mol. The summed E-state index contributed by atoms with van der Waals surface area (Å²) in [5.74, 6) is -1.13. The summed E-state index contributed by atoms with van der Waals surface area (Å²) in [5.41, 5.74) is 1.74. The molecule has 0 aliphatic rings. The molecule has 2 rings (SSSR count). The van der Waals surface area contributed by atoms with E-state index in [4.69, 9.17) is 9.47 Å². The number of rotatable bonds is 9. The van der Waals surface area contributed by atoms with Gasteiger partial charge in [0.15, 0.2) is 6.61 Å². The van der Waals surface area contributed by atoms with Gasteiger partial charge in [-0.2, -0.15) is 0 Å².